The van der Waals surface area contributed by atoms with E-state index in [-0.39, 0.29) is 0 Å². The van der Waals surface area contributed by atoms with E-state index >= 15 is 0 Å². The smallest absolute Gasteiger partial charge is 0.163 e. The summed E-state index contributed by atoms with van der Waals surface area (Å²) >= 11 is 0. The van der Waals surface area contributed by atoms with Crippen LogP contribution >= 0.6 is 0 Å². The molecule has 0 fully saturated rings. The fraction of sp³-hybridized carbons (Fsp3) is 0.0952. The summed E-state index contributed by atoms with van der Waals surface area (Å²) in [6.07, 6.45) is 4.50. The summed E-state index contributed by atoms with van der Waals surface area (Å²) in [5.41, 5.74) is 5.10. The second-order valence-electron chi connectivity index (χ2n) is 6.31. The molecule has 4 aromatic heterocycles. The number of pyridine rings is 2. The molecule has 5 nitrogen and oxygen atoms in total. The van der Waals surface area contributed by atoms with Gasteiger partial charge in [0, 0.05) is 19.4 Å². The minimum absolute atomic E-state index is 0.672. The molecule has 0 aliphatic rings. The standard InChI is InChI=1S/C21H17N5/c1-25-18-10-3-2-8-15(18)23-20(25)14-17-19-11-5-7-13-26(19)21(24-17)16-9-4-6-12-22-16/h2-13H,14H2,1H3. The van der Waals surface area contributed by atoms with Gasteiger partial charge in [0.25, 0.3) is 0 Å². The van der Waals surface area contributed by atoms with Gasteiger partial charge in [-0.25, -0.2) is 9.97 Å². The molecule has 0 radical (unpaired) electrons. The molecule has 5 rings (SSSR count). The fourth-order valence-corrected chi connectivity index (χ4v) is 3.41. The molecule has 0 aliphatic carbocycles. The normalized spacial score (nSPS) is 11.4. The minimum Gasteiger partial charge on any atom is -0.331 e. The number of nitrogens with zero attached hydrogens (tertiary/aromatic N) is 5. The number of fused-ring (bicyclic) bond motifs is 2. The van der Waals surface area contributed by atoms with Gasteiger partial charge in [-0.1, -0.05) is 24.3 Å². The highest BCUT2D eigenvalue weighted by Gasteiger charge is 2.16. The average Bonchev–Trinajstić information content (AvgIpc) is 3.22. The van der Waals surface area contributed by atoms with Gasteiger partial charge in [-0.05, 0) is 36.4 Å². The van der Waals surface area contributed by atoms with Crippen LogP contribution in [0.5, 0.6) is 0 Å². The molecule has 0 spiro atoms. The molecule has 0 saturated carbocycles. The van der Waals surface area contributed by atoms with Gasteiger partial charge in [-0.15, -0.1) is 0 Å². The van der Waals surface area contributed by atoms with Crippen molar-refractivity contribution in [3.8, 4) is 11.5 Å². The summed E-state index contributed by atoms with van der Waals surface area (Å²) in [7, 11) is 2.06. The Morgan fingerprint density at radius 3 is 2.50 bits per heavy atom. The van der Waals surface area contributed by atoms with Gasteiger partial charge in [-0.3, -0.25) is 9.38 Å². The Morgan fingerprint density at radius 2 is 1.65 bits per heavy atom. The molecule has 0 N–H and O–H groups in total. The molecular weight excluding hydrogens is 322 g/mol. The SMILES string of the molecule is Cn1c(Cc2nc(-c3ccccn3)n3ccccc23)nc2ccccc21. The van der Waals surface area contributed by atoms with Crippen molar-refractivity contribution in [2.75, 3.05) is 0 Å². The van der Waals surface area contributed by atoms with Crippen molar-refractivity contribution < 1.29 is 0 Å². The van der Waals surface area contributed by atoms with Gasteiger partial charge in [-0.2, -0.15) is 0 Å². The van der Waals surface area contributed by atoms with Gasteiger partial charge in [0.2, 0.25) is 0 Å². The van der Waals surface area contributed by atoms with Gasteiger partial charge < -0.3 is 4.57 Å². The topological polar surface area (TPSA) is 48.0 Å². The van der Waals surface area contributed by atoms with Crippen molar-refractivity contribution in [1.29, 1.82) is 0 Å². The lowest BCUT2D eigenvalue weighted by Crippen LogP contribution is -2.00. The molecule has 4 heterocycles. The van der Waals surface area contributed by atoms with E-state index in [1.807, 2.05) is 54.7 Å². The van der Waals surface area contributed by atoms with E-state index in [0.717, 1.165) is 39.6 Å². The van der Waals surface area contributed by atoms with Crippen LogP contribution in [0.1, 0.15) is 11.5 Å². The Morgan fingerprint density at radius 1 is 0.846 bits per heavy atom. The Bertz CT molecular complexity index is 1220. The lowest BCUT2D eigenvalue weighted by molar-refractivity contribution is 0.838. The summed E-state index contributed by atoms with van der Waals surface area (Å²) in [6.45, 7) is 0. The number of rotatable bonds is 3. The van der Waals surface area contributed by atoms with Crippen molar-refractivity contribution in [2.45, 2.75) is 6.42 Å². The van der Waals surface area contributed by atoms with Crippen LogP contribution in [0.15, 0.2) is 73.1 Å². The first-order chi connectivity index (χ1) is 12.8. The fourth-order valence-electron chi connectivity index (χ4n) is 3.41. The van der Waals surface area contributed by atoms with Crippen molar-refractivity contribution in [3.05, 3.63) is 84.6 Å². The summed E-state index contributed by atoms with van der Waals surface area (Å²) in [6, 6.07) is 20.2. The molecule has 0 saturated heterocycles. The first-order valence-electron chi connectivity index (χ1n) is 8.59. The van der Waals surface area contributed by atoms with Crippen LogP contribution in [-0.4, -0.2) is 23.9 Å². The van der Waals surface area contributed by atoms with E-state index in [0.29, 0.717) is 6.42 Å². The zero-order chi connectivity index (χ0) is 17.5. The number of imidazole rings is 2. The number of para-hydroxylation sites is 2. The Hall–Kier alpha value is -3.47. The maximum absolute atomic E-state index is 4.91. The van der Waals surface area contributed by atoms with Crippen LogP contribution in [0.2, 0.25) is 0 Å². The maximum Gasteiger partial charge on any atom is 0.163 e. The predicted octanol–water partition coefficient (Wildman–Crippen LogP) is 3.87. The highest BCUT2D eigenvalue weighted by Crippen LogP contribution is 2.24. The second kappa shape index (κ2) is 5.81. The summed E-state index contributed by atoms with van der Waals surface area (Å²) in [4.78, 5) is 14.2. The van der Waals surface area contributed by atoms with E-state index < -0.39 is 0 Å². The average molecular weight is 339 g/mol. The molecule has 5 aromatic rings. The summed E-state index contributed by atoms with van der Waals surface area (Å²) in [5, 5.41) is 0. The lowest BCUT2D eigenvalue weighted by atomic mass is 10.2. The number of hydrogen-bond acceptors (Lipinski definition) is 3. The third-order valence-electron chi connectivity index (χ3n) is 4.72. The molecule has 0 aliphatic heterocycles. The van der Waals surface area contributed by atoms with Crippen LogP contribution in [0, 0.1) is 0 Å². The second-order valence-corrected chi connectivity index (χ2v) is 6.31. The van der Waals surface area contributed by atoms with E-state index in [4.69, 9.17) is 9.97 Å². The molecule has 0 atom stereocenters. The van der Waals surface area contributed by atoms with E-state index in [1.54, 1.807) is 6.20 Å². The van der Waals surface area contributed by atoms with E-state index in [2.05, 4.69) is 33.1 Å². The molecule has 126 valence electrons. The van der Waals surface area contributed by atoms with Crippen LogP contribution in [0.4, 0.5) is 0 Å². The Kier molecular flexibility index (Phi) is 3.31. The van der Waals surface area contributed by atoms with Crippen molar-refractivity contribution in [1.82, 2.24) is 23.9 Å². The first-order valence-corrected chi connectivity index (χ1v) is 8.59. The highest BCUT2D eigenvalue weighted by atomic mass is 15.1. The van der Waals surface area contributed by atoms with Crippen LogP contribution in [-0.2, 0) is 13.5 Å². The number of hydrogen-bond donors (Lipinski definition) is 0. The predicted molar refractivity (Wildman–Crippen MR) is 102 cm³/mol. The van der Waals surface area contributed by atoms with Crippen molar-refractivity contribution in [2.24, 2.45) is 7.05 Å². The largest absolute Gasteiger partial charge is 0.331 e. The highest BCUT2D eigenvalue weighted by molar-refractivity contribution is 5.76. The first kappa shape index (κ1) is 14.8. The zero-order valence-corrected chi connectivity index (χ0v) is 14.4. The third kappa shape index (κ3) is 2.29. The van der Waals surface area contributed by atoms with E-state index in [9.17, 15) is 0 Å². The molecule has 1 aromatic carbocycles. The monoisotopic (exact) mass is 339 g/mol. The number of aromatic nitrogens is 5. The Labute approximate surface area is 150 Å². The van der Waals surface area contributed by atoms with E-state index in [1.165, 1.54) is 0 Å². The van der Waals surface area contributed by atoms with Gasteiger partial charge in [0.15, 0.2) is 5.82 Å². The molecular formula is C21H17N5. The van der Waals surface area contributed by atoms with Gasteiger partial charge in [0.05, 0.1) is 28.7 Å². The third-order valence-corrected chi connectivity index (χ3v) is 4.72. The molecule has 0 amide bonds. The minimum atomic E-state index is 0.672. The van der Waals surface area contributed by atoms with Crippen LogP contribution < -0.4 is 0 Å². The summed E-state index contributed by atoms with van der Waals surface area (Å²) < 4.78 is 4.24. The number of aryl methyl sites for hydroxylation is 1. The quantitative estimate of drug-likeness (QED) is 0.501. The van der Waals surface area contributed by atoms with Crippen LogP contribution in [0.25, 0.3) is 28.1 Å². The Balaban J connectivity index is 1.66. The molecule has 26 heavy (non-hydrogen) atoms. The van der Waals surface area contributed by atoms with Gasteiger partial charge in [0.1, 0.15) is 11.5 Å². The zero-order valence-electron chi connectivity index (χ0n) is 14.4. The lowest BCUT2D eigenvalue weighted by Gasteiger charge is -2.01. The summed E-state index contributed by atoms with van der Waals surface area (Å²) in [5.74, 6) is 1.86. The molecule has 0 bridgehead atoms. The maximum atomic E-state index is 4.91. The molecule has 5 heteroatoms. The van der Waals surface area contributed by atoms with Crippen LogP contribution in [0.3, 0.4) is 0 Å². The molecule has 0 unspecified atom stereocenters. The van der Waals surface area contributed by atoms with Gasteiger partial charge >= 0.3 is 0 Å². The van der Waals surface area contributed by atoms with Crippen molar-refractivity contribution in [3.63, 3.8) is 0 Å². The van der Waals surface area contributed by atoms with Crippen molar-refractivity contribution >= 4 is 16.6 Å². The number of benzene rings is 1.